The van der Waals surface area contributed by atoms with E-state index in [1.54, 1.807) is 0 Å². The number of para-hydroxylation sites is 1. The van der Waals surface area contributed by atoms with Crippen LogP contribution in [0.25, 0.3) is 16.9 Å². The maximum absolute atomic E-state index is 4.87. The summed E-state index contributed by atoms with van der Waals surface area (Å²) in [5, 5.41) is 9.39. The molecule has 0 radical (unpaired) electrons. The molecule has 0 amide bonds. The van der Waals surface area contributed by atoms with E-state index in [-0.39, 0.29) is 12.4 Å². The number of benzene rings is 1. The van der Waals surface area contributed by atoms with Gasteiger partial charge in [0.2, 0.25) is 0 Å². The van der Waals surface area contributed by atoms with Crippen LogP contribution in [0.1, 0.15) is 56.3 Å². The molecule has 0 saturated heterocycles. The Morgan fingerprint density at radius 1 is 0.963 bits per heavy atom. The Labute approximate surface area is 167 Å². The van der Waals surface area contributed by atoms with Gasteiger partial charge in [0.25, 0.3) is 5.95 Å². The number of aryl methyl sites for hydroxylation is 2. The minimum atomic E-state index is 0. The van der Waals surface area contributed by atoms with E-state index in [0.717, 1.165) is 28.1 Å². The zero-order chi connectivity index (χ0) is 17.9. The zero-order valence-electron chi connectivity index (χ0n) is 16.1. The van der Waals surface area contributed by atoms with Gasteiger partial charge in [-0.15, -0.1) is 12.4 Å². The normalized spacial score (nSPS) is 15.8. The molecule has 0 bridgehead atoms. The molecule has 1 saturated carbocycles. The fourth-order valence-corrected chi connectivity index (χ4v) is 3.89. The molecular weight excluding hydrogens is 358 g/mol. The third-order valence-electron chi connectivity index (χ3n) is 5.24. The monoisotopic (exact) mass is 385 g/mol. The lowest BCUT2D eigenvalue weighted by atomic mass is 9.96. The van der Waals surface area contributed by atoms with Crippen molar-refractivity contribution in [2.75, 3.05) is 5.32 Å². The predicted octanol–water partition coefficient (Wildman–Crippen LogP) is 5.38. The van der Waals surface area contributed by atoms with Crippen LogP contribution in [0.5, 0.6) is 0 Å². The van der Waals surface area contributed by atoms with Crippen LogP contribution >= 0.6 is 12.4 Å². The number of rotatable bonds is 3. The number of nitrogens with zero attached hydrogens (tertiary/aromatic N) is 4. The maximum Gasteiger partial charge on any atom is 0.253 e. The van der Waals surface area contributed by atoms with E-state index in [4.69, 9.17) is 9.97 Å². The Hall–Kier alpha value is -2.14. The molecule has 6 heteroatoms. The average Bonchev–Trinajstić information content (AvgIpc) is 2.95. The van der Waals surface area contributed by atoms with Crippen molar-refractivity contribution in [1.82, 2.24) is 19.7 Å². The summed E-state index contributed by atoms with van der Waals surface area (Å²) >= 11 is 0. The molecule has 4 rings (SSSR count). The fraction of sp³-hybridized carbons (Fsp3) is 0.476. The van der Waals surface area contributed by atoms with Crippen molar-refractivity contribution in [3.8, 4) is 5.95 Å². The van der Waals surface area contributed by atoms with Crippen molar-refractivity contribution in [3.05, 3.63) is 41.7 Å². The number of hydrogen-bond acceptors (Lipinski definition) is 4. The minimum Gasteiger partial charge on any atom is -0.367 e. The van der Waals surface area contributed by atoms with Crippen LogP contribution in [-0.2, 0) is 0 Å². The van der Waals surface area contributed by atoms with Crippen LogP contribution in [0.2, 0.25) is 0 Å². The molecule has 27 heavy (non-hydrogen) atoms. The lowest BCUT2D eigenvalue weighted by Gasteiger charge is -2.22. The quantitative estimate of drug-likeness (QED) is 0.657. The Kier molecular flexibility index (Phi) is 6.32. The number of aromatic nitrogens is 4. The molecule has 144 valence electrons. The van der Waals surface area contributed by atoms with E-state index >= 15 is 0 Å². The number of hydrogen-bond donors (Lipinski definition) is 1. The second-order valence-corrected chi connectivity index (χ2v) is 7.41. The molecule has 3 aromatic rings. The first-order valence-corrected chi connectivity index (χ1v) is 9.78. The van der Waals surface area contributed by atoms with E-state index < -0.39 is 0 Å². The third kappa shape index (κ3) is 4.41. The molecular formula is C21H28ClN5. The first-order valence-electron chi connectivity index (χ1n) is 9.78. The summed E-state index contributed by atoms with van der Waals surface area (Å²) in [7, 11) is 0. The molecule has 1 fully saturated rings. The highest BCUT2D eigenvalue weighted by atomic mass is 35.5. The van der Waals surface area contributed by atoms with Gasteiger partial charge in [0.1, 0.15) is 5.82 Å². The summed E-state index contributed by atoms with van der Waals surface area (Å²) in [5.41, 5.74) is 2.99. The molecule has 0 spiro atoms. The molecule has 1 aliphatic carbocycles. The predicted molar refractivity (Wildman–Crippen MR) is 113 cm³/mol. The highest BCUT2D eigenvalue weighted by Gasteiger charge is 2.16. The molecule has 2 aromatic heterocycles. The van der Waals surface area contributed by atoms with Gasteiger partial charge in [-0.05, 0) is 44.9 Å². The van der Waals surface area contributed by atoms with E-state index in [9.17, 15) is 0 Å². The van der Waals surface area contributed by atoms with Gasteiger partial charge >= 0.3 is 0 Å². The Balaban J connectivity index is 0.00000210. The molecule has 0 atom stereocenters. The standard InChI is InChI=1S/C21H27N5.ClH/c1-15-14-16(2)26(25-15)21-23-19-13-9-8-12-18(19)20(24-21)22-17-10-6-4-3-5-7-11-17;/h8-9,12-14,17H,3-7,10-11H2,1-2H3,(H,22,23,24);1H. The number of anilines is 1. The van der Waals surface area contributed by atoms with Crippen molar-refractivity contribution < 1.29 is 0 Å². The smallest absolute Gasteiger partial charge is 0.253 e. The first kappa shape index (κ1) is 19.6. The maximum atomic E-state index is 4.87. The van der Waals surface area contributed by atoms with Crippen LogP contribution in [0.4, 0.5) is 5.82 Å². The van der Waals surface area contributed by atoms with E-state index in [0.29, 0.717) is 12.0 Å². The van der Waals surface area contributed by atoms with Gasteiger partial charge in [-0.2, -0.15) is 10.1 Å². The van der Waals surface area contributed by atoms with Gasteiger partial charge in [-0.1, -0.05) is 44.2 Å². The number of nitrogens with one attached hydrogen (secondary N) is 1. The first-order chi connectivity index (χ1) is 12.7. The van der Waals surface area contributed by atoms with Gasteiger partial charge in [0.05, 0.1) is 11.2 Å². The van der Waals surface area contributed by atoms with Gasteiger partial charge < -0.3 is 5.32 Å². The summed E-state index contributed by atoms with van der Waals surface area (Å²) in [6.45, 7) is 4.04. The average molecular weight is 386 g/mol. The largest absolute Gasteiger partial charge is 0.367 e. The number of fused-ring (bicyclic) bond motifs is 1. The van der Waals surface area contributed by atoms with Crippen LogP contribution in [-0.4, -0.2) is 25.8 Å². The zero-order valence-corrected chi connectivity index (χ0v) is 16.9. The molecule has 2 heterocycles. The topological polar surface area (TPSA) is 55.6 Å². The Morgan fingerprint density at radius 2 is 1.67 bits per heavy atom. The van der Waals surface area contributed by atoms with Crippen LogP contribution in [0.3, 0.4) is 0 Å². The lowest BCUT2D eigenvalue weighted by Crippen LogP contribution is -2.22. The molecule has 1 aromatic carbocycles. The van der Waals surface area contributed by atoms with Crippen molar-refractivity contribution in [1.29, 1.82) is 0 Å². The van der Waals surface area contributed by atoms with Gasteiger partial charge in [0, 0.05) is 17.1 Å². The van der Waals surface area contributed by atoms with Crippen LogP contribution in [0.15, 0.2) is 30.3 Å². The summed E-state index contributed by atoms with van der Waals surface area (Å²) in [4.78, 5) is 9.63. The van der Waals surface area contributed by atoms with Crippen molar-refractivity contribution in [2.24, 2.45) is 0 Å². The molecule has 1 N–H and O–H groups in total. The third-order valence-corrected chi connectivity index (χ3v) is 5.24. The van der Waals surface area contributed by atoms with Crippen LogP contribution < -0.4 is 5.32 Å². The summed E-state index contributed by atoms with van der Waals surface area (Å²) in [6, 6.07) is 10.8. The highest BCUT2D eigenvalue weighted by molar-refractivity contribution is 5.89. The summed E-state index contributed by atoms with van der Waals surface area (Å²) in [6.07, 6.45) is 9.10. The highest BCUT2D eigenvalue weighted by Crippen LogP contribution is 2.26. The van der Waals surface area contributed by atoms with Crippen LogP contribution in [0, 0.1) is 13.8 Å². The van der Waals surface area contributed by atoms with E-state index in [1.807, 2.05) is 24.6 Å². The molecule has 5 nitrogen and oxygen atoms in total. The molecule has 0 aliphatic heterocycles. The van der Waals surface area contributed by atoms with Crippen molar-refractivity contribution in [2.45, 2.75) is 64.8 Å². The van der Waals surface area contributed by atoms with E-state index in [1.165, 1.54) is 44.9 Å². The van der Waals surface area contributed by atoms with Gasteiger partial charge in [-0.3, -0.25) is 0 Å². The minimum absolute atomic E-state index is 0. The molecule has 1 aliphatic rings. The summed E-state index contributed by atoms with van der Waals surface area (Å²) in [5.74, 6) is 1.58. The van der Waals surface area contributed by atoms with Crippen molar-refractivity contribution in [3.63, 3.8) is 0 Å². The Morgan fingerprint density at radius 3 is 2.37 bits per heavy atom. The van der Waals surface area contributed by atoms with E-state index in [2.05, 4.69) is 34.7 Å². The summed E-state index contributed by atoms with van der Waals surface area (Å²) < 4.78 is 1.84. The molecule has 0 unspecified atom stereocenters. The second-order valence-electron chi connectivity index (χ2n) is 7.41. The SMILES string of the molecule is Cc1cc(C)n(-c2nc(NC3CCCCCCC3)c3ccccc3n2)n1.Cl. The van der Waals surface area contributed by atoms with Gasteiger partial charge in [0.15, 0.2) is 0 Å². The fourth-order valence-electron chi connectivity index (χ4n) is 3.89. The van der Waals surface area contributed by atoms with Crippen molar-refractivity contribution >= 4 is 29.1 Å². The Bertz CT molecular complexity index is 897. The second kappa shape index (κ2) is 8.70. The van der Waals surface area contributed by atoms with Gasteiger partial charge in [-0.25, -0.2) is 9.67 Å². The lowest BCUT2D eigenvalue weighted by molar-refractivity contribution is 0.471. The number of halogens is 1.